The molecular formula is C16H19NO5. The number of carboxylic acid groups (broad SMARTS) is 2. The lowest BCUT2D eigenvalue weighted by Crippen LogP contribution is -2.44. The van der Waals surface area contributed by atoms with Gasteiger partial charge in [0, 0.05) is 24.6 Å². The summed E-state index contributed by atoms with van der Waals surface area (Å²) in [6.45, 7) is 0.584. The van der Waals surface area contributed by atoms with Crippen molar-refractivity contribution in [2.75, 3.05) is 6.54 Å². The van der Waals surface area contributed by atoms with E-state index in [1.807, 2.05) is 0 Å². The lowest BCUT2D eigenvalue weighted by atomic mass is 9.96. The summed E-state index contributed by atoms with van der Waals surface area (Å²) in [7, 11) is 0. The third-order valence-electron chi connectivity index (χ3n) is 3.94. The minimum absolute atomic E-state index is 0.0314. The standard InChI is InChI=1S/C16H19NO5/c18-14(19)8-7-13-6-1-2-9-17(13)15(20)11-4-3-5-12(10-11)16(21)22/h3-5,10,13H,1-2,6-9H2,(H,18,19)(H,21,22). The Morgan fingerprint density at radius 3 is 2.55 bits per heavy atom. The highest BCUT2D eigenvalue weighted by atomic mass is 16.4. The molecule has 1 aliphatic rings. The third kappa shape index (κ3) is 3.84. The largest absolute Gasteiger partial charge is 0.481 e. The van der Waals surface area contributed by atoms with Crippen LogP contribution in [-0.2, 0) is 4.79 Å². The molecule has 1 unspecified atom stereocenters. The van der Waals surface area contributed by atoms with Crippen LogP contribution >= 0.6 is 0 Å². The van der Waals surface area contributed by atoms with E-state index in [2.05, 4.69) is 0 Å². The van der Waals surface area contributed by atoms with Gasteiger partial charge >= 0.3 is 11.9 Å². The maximum atomic E-state index is 12.6. The van der Waals surface area contributed by atoms with E-state index in [1.54, 1.807) is 17.0 Å². The van der Waals surface area contributed by atoms with Crippen molar-refractivity contribution in [1.82, 2.24) is 4.90 Å². The first kappa shape index (κ1) is 16.0. The van der Waals surface area contributed by atoms with Crippen molar-refractivity contribution < 1.29 is 24.6 Å². The van der Waals surface area contributed by atoms with Crippen LogP contribution < -0.4 is 0 Å². The predicted octanol–water partition coefficient (Wildman–Crippen LogP) is 2.24. The second kappa shape index (κ2) is 7.06. The molecule has 2 rings (SSSR count). The fraction of sp³-hybridized carbons (Fsp3) is 0.438. The Labute approximate surface area is 128 Å². The molecule has 2 N–H and O–H groups in total. The summed E-state index contributed by atoms with van der Waals surface area (Å²) in [5.41, 5.74) is 0.409. The van der Waals surface area contributed by atoms with E-state index < -0.39 is 11.9 Å². The summed E-state index contributed by atoms with van der Waals surface area (Å²) >= 11 is 0. The van der Waals surface area contributed by atoms with Gasteiger partial charge in [-0.3, -0.25) is 9.59 Å². The molecule has 0 aromatic heterocycles. The van der Waals surface area contributed by atoms with Gasteiger partial charge < -0.3 is 15.1 Å². The Morgan fingerprint density at radius 1 is 1.14 bits per heavy atom. The Bertz CT molecular complexity index is 584. The molecule has 1 heterocycles. The molecule has 1 fully saturated rings. The normalized spacial score (nSPS) is 18.0. The number of amides is 1. The van der Waals surface area contributed by atoms with E-state index in [0.29, 0.717) is 18.5 Å². The summed E-state index contributed by atoms with van der Waals surface area (Å²) in [6, 6.07) is 5.86. The molecule has 1 atom stereocenters. The average molecular weight is 305 g/mol. The van der Waals surface area contributed by atoms with Crippen molar-refractivity contribution >= 4 is 17.8 Å². The van der Waals surface area contributed by atoms with E-state index in [-0.39, 0.29) is 23.9 Å². The van der Waals surface area contributed by atoms with Crippen LogP contribution in [0.5, 0.6) is 0 Å². The maximum absolute atomic E-state index is 12.6. The molecule has 6 heteroatoms. The molecule has 1 aromatic rings. The molecule has 118 valence electrons. The van der Waals surface area contributed by atoms with E-state index in [9.17, 15) is 14.4 Å². The van der Waals surface area contributed by atoms with Gasteiger partial charge in [0.1, 0.15) is 0 Å². The average Bonchev–Trinajstić information content (AvgIpc) is 2.52. The van der Waals surface area contributed by atoms with Crippen molar-refractivity contribution in [3.8, 4) is 0 Å². The first-order chi connectivity index (χ1) is 10.5. The Balaban J connectivity index is 2.16. The lowest BCUT2D eigenvalue weighted by molar-refractivity contribution is -0.137. The third-order valence-corrected chi connectivity index (χ3v) is 3.94. The van der Waals surface area contributed by atoms with Crippen LogP contribution in [0, 0.1) is 0 Å². The van der Waals surface area contributed by atoms with Gasteiger partial charge in [0.2, 0.25) is 0 Å². The van der Waals surface area contributed by atoms with Crippen LogP contribution in [0.15, 0.2) is 24.3 Å². The van der Waals surface area contributed by atoms with Crippen LogP contribution in [0.2, 0.25) is 0 Å². The highest BCUT2D eigenvalue weighted by molar-refractivity contribution is 5.97. The number of rotatable bonds is 5. The Kier molecular flexibility index (Phi) is 5.14. The van der Waals surface area contributed by atoms with Gasteiger partial charge in [-0.2, -0.15) is 0 Å². The van der Waals surface area contributed by atoms with Crippen LogP contribution in [-0.4, -0.2) is 45.5 Å². The number of aromatic carboxylic acids is 1. The molecule has 0 aliphatic carbocycles. The molecule has 0 saturated carbocycles. The summed E-state index contributed by atoms with van der Waals surface area (Å²) < 4.78 is 0. The van der Waals surface area contributed by atoms with Crippen LogP contribution in [0.4, 0.5) is 0 Å². The molecule has 0 radical (unpaired) electrons. The van der Waals surface area contributed by atoms with Crippen LogP contribution in [0.3, 0.4) is 0 Å². The van der Waals surface area contributed by atoms with Gasteiger partial charge in [-0.15, -0.1) is 0 Å². The molecule has 1 aromatic carbocycles. The molecule has 0 spiro atoms. The summed E-state index contributed by atoms with van der Waals surface area (Å²) in [4.78, 5) is 36.0. The zero-order valence-electron chi connectivity index (χ0n) is 12.2. The zero-order valence-corrected chi connectivity index (χ0v) is 12.2. The van der Waals surface area contributed by atoms with Crippen molar-refractivity contribution in [2.24, 2.45) is 0 Å². The second-order valence-electron chi connectivity index (χ2n) is 5.47. The van der Waals surface area contributed by atoms with Gasteiger partial charge in [-0.1, -0.05) is 6.07 Å². The number of piperidine rings is 1. The van der Waals surface area contributed by atoms with E-state index >= 15 is 0 Å². The molecule has 1 amide bonds. The first-order valence-corrected chi connectivity index (χ1v) is 7.35. The topological polar surface area (TPSA) is 94.9 Å². The number of nitrogens with zero attached hydrogens (tertiary/aromatic N) is 1. The number of carbonyl (C=O) groups is 3. The second-order valence-corrected chi connectivity index (χ2v) is 5.47. The zero-order chi connectivity index (χ0) is 16.1. The van der Waals surface area contributed by atoms with Gasteiger partial charge in [-0.25, -0.2) is 4.79 Å². The maximum Gasteiger partial charge on any atom is 0.335 e. The van der Waals surface area contributed by atoms with E-state index in [1.165, 1.54) is 12.1 Å². The van der Waals surface area contributed by atoms with Crippen molar-refractivity contribution in [3.05, 3.63) is 35.4 Å². The number of carboxylic acids is 2. The molecule has 1 aliphatic heterocycles. The smallest absolute Gasteiger partial charge is 0.335 e. The summed E-state index contributed by atoms with van der Waals surface area (Å²) in [6.07, 6.45) is 3.11. The monoisotopic (exact) mass is 305 g/mol. The van der Waals surface area contributed by atoms with Gasteiger partial charge in [0.05, 0.1) is 5.56 Å². The quantitative estimate of drug-likeness (QED) is 0.870. The summed E-state index contributed by atoms with van der Waals surface area (Å²) in [5.74, 6) is -2.17. The molecule has 1 saturated heterocycles. The molecule has 6 nitrogen and oxygen atoms in total. The molecular weight excluding hydrogens is 286 g/mol. The fourth-order valence-electron chi connectivity index (χ4n) is 2.81. The van der Waals surface area contributed by atoms with E-state index in [0.717, 1.165) is 19.3 Å². The highest BCUT2D eigenvalue weighted by Gasteiger charge is 2.28. The number of aliphatic carboxylic acids is 1. The highest BCUT2D eigenvalue weighted by Crippen LogP contribution is 2.23. The number of hydrogen-bond acceptors (Lipinski definition) is 3. The first-order valence-electron chi connectivity index (χ1n) is 7.35. The Morgan fingerprint density at radius 2 is 1.86 bits per heavy atom. The fourth-order valence-corrected chi connectivity index (χ4v) is 2.81. The van der Waals surface area contributed by atoms with Crippen molar-refractivity contribution in [2.45, 2.75) is 38.1 Å². The van der Waals surface area contributed by atoms with Crippen LogP contribution in [0.25, 0.3) is 0 Å². The molecule has 22 heavy (non-hydrogen) atoms. The number of hydrogen-bond donors (Lipinski definition) is 2. The lowest BCUT2D eigenvalue weighted by Gasteiger charge is -2.35. The predicted molar refractivity (Wildman–Crippen MR) is 78.9 cm³/mol. The minimum atomic E-state index is -1.07. The Hall–Kier alpha value is -2.37. The van der Waals surface area contributed by atoms with E-state index in [4.69, 9.17) is 10.2 Å². The van der Waals surface area contributed by atoms with Crippen molar-refractivity contribution in [1.29, 1.82) is 0 Å². The number of likely N-dealkylation sites (tertiary alicyclic amines) is 1. The summed E-state index contributed by atoms with van der Waals surface area (Å²) in [5, 5.41) is 17.8. The number of carbonyl (C=O) groups excluding carboxylic acids is 1. The minimum Gasteiger partial charge on any atom is -0.481 e. The van der Waals surface area contributed by atoms with Gasteiger partial charge in [-0.05, 0) is 43.9 Å². The SMILES string of the molecule is O=C(O)CCC1CCCCN1C(=O)c1cccc(C(=O)O)c1. The molecule has 0 bridgehead atoms. The van der Waals surface area contributed by atoms with Gasteiger partial charge in [0.15, 0.2) is 0 Å². The van der Waals surface area contributed by atoms with Crippen LogP contribution in [0.1, 0.15) is 52.8 Å². The number of benzene rings is 1. The van der Waals surface area contributed by atoms with Gasteiger partial charge in [0.25, 0.3) is 5.91 Å². The van der Waals surface area contributed by atoms with Crippen molar-refractivity contribution in [3.63, 3.8) is 0 Å².